The maximum atomic E-state index is 12.6. The number of hydrogen-bond acceptors (Lipinski definition) is 3. The maximum Gasteiger partial charge on any atom is 0.272 e. The van der Waals surface area contributed by atoms with Gasteiger partial charge in [0, 0.05) is 35.7 Å². The molecule has 0 radical (unpaired) electrons. The second-order valence-electron chi connectivity index (χ2n) is 7.67. The highest BCUT2D eigenvalue weighted by Gasteiger charge is 2.12. The average Bonchev–Trinajstić information content (AvgIpc) is 3.45. The summed E-state index contributed by atoms with van der Waals surface area (Å²) in [6, 6.07) is 25.8. The van der Waals surface area contributed by atoms with Crippen molar-refractivity contribution in [1.29, 1.82) is 0 Å². The highest BCUT2D eigenvalue weighted by molar-refractivity contribution is 6.06. The fourth-order valence-electron chi connectivity index (χ4n) is 3.61. The number of para-hydroxylation sites is 1. The molecule has 0 fully saturated rings. The third-order valence-corrected chi connectivity index (χ3v) is 5.37. The van der Waals surface area contributed by atoms with Crippen LogP contribution in [0.4, 0.5) is 11.4 Å². The molecule has 0 saturated carbocycles. The highest BCUT2D eigenvalue weighted by atomic mass is 16.2. The predicted octanol–water partition coefficient (Wildman–Crippen LogP) is 5.07. The lowest BCUT2D eigenvalue weighted by atomic mass is 10.2. The molecular weight excluding hydrogens is 414 g/mol. The van der Waals surface area contributed by atoms with Crippen LogP contribution in [-0.4, -0.2) is 26.3 Å². The Labute approximate surface area is 190 Å². The number of carbonyl (C=O) groups excluding carboxylic acids is 2. The number of amides is 2. The Hall–Kier alpha value is -4.65. The summed E-state index contributed by atoms with van der Waals surface area (Å²) in [6.45, 7) is 0. The van der Waals surface area contributed by atoms with E-state index in [1.807, 2.05) is 80.0 Å². The van der Waals surface area contributed by atoms with Crippen LogP contribution in [0.15, 0.2) is 91.1 Å². The monoisotopic (exact) mass is 435 g/mol. The summed E-state index contributed by atoms with van der Waals surface area (Å²) in [4.78, 5) is 32.9. The van der Waals surface area contributed by atoms with Gasteiger partial charge in [0.05, 0.1) is 11.0 Å². The van der Waals surface area contributed by atoms with Crippen LogP contribution in [-0.2, 0) is 7.05 Å². The molecule has 3 aromatic carbocycles. The van der Waals surface area contributed by atoms with E-state index in [0.717, 1.165) is 16.8 Å². The summed E-state index contributed by atoms with van der Waals surface area (Å²) in [7, 11) is 1.83. The van der Waals surface area contributed by atoms with Gasteiger partial charge in [0.15, 0.2) is 0 Å². The molecule has 33 heavy (non-hydrogen) atoms. The van der Waals surface area contributed by atoms with Gasteiger partial charge < -0.3 is 20.2 Å². The highest BCUT2D eigenvalue weighted by Crippen LogP contribution is 2.23. The number of rotatable bonds is 5. The van der Waals surface area contributed by atoms with E-state index in [-0.39, 0.29) is 11.8 Å². The fourth-order valence-corrected chi connectivity index (χ4v) is 3.61. The first-order chi connectivity index (χ1) is 16.1. The molecule has 0 bridgehead atoms. The number of H-pyrrole nitrogens is 1. The Bertz CT molecular complexity index is 1450. The van der Waals surface area contributed by atoms with Gasteiger partial charge in [-0.05, 0) is 66.7 Å². The third-order valence-electron chi connectivity index (χ3n) is 5.37. The Balaban J connectivity index is 1.33. The molecule has 2 aromatic heterocycles. The van der Waals surface area contributed by atoms with Crippen LogP contribution in [0, 0.1) is 0 Å². The normalized spacial score (nSPS) is 10.8. The van der Waals surface area contributed by atoms with Crippen LogP contribution in [0.5, 0.6) is 0 Å². The van der Waals surface area contributed by atoms with Crippen molar-refractivity contribution in [3.63, 3.8) is 0 Å². The van der Waals surface area contributed by atoms with Crippen LogP contribution < -0.4 is 10.6 Å². The summed E-state index contributed by atoms with van der Waals surface area (Å²) in [5, 5.41) is 5.78. The molecule has 0 aliphatic heterocycles. The van der Waals surface area contributed by atoms with Gasteiger partial charge in [-0.3, -0.25) is 9.59 Å². The SMILES string of the molecule is Cn1cccc1C(=O)Nc1ccc(-c2nc3cc(C(=O)Nc4ccccc4)ccc3[nH]2)cc1. The van der Waals surface area contributed by atoms with Crippen LogP contribution in [0.1, 0.15) is 20.8 Å². The number of imidazole rings is 1. The predicted molar refractivity (Wildman–Crippen MR) is 129 cm³/mol. The van der Waals surface area contributed by atoms with Gasteiger partial charge in [-0.1, -0.05) is 18.2 Å². The van der Waals surface area contributed by atoms with Crippen molar-refractivity contribution in [2.24, 2.45) is 7.05 Å². The molecule has 0 saturated heterocycles. The van der Waals surface area contributed by atoms with Crippen molar-refractivity contribution in [2.75, 3.05) is 10.6 Å². The van der Waals surface area contributed by atoms with Gasteiger partial charge in [-0.15, -0.1) is 0 Å². The minimum atomic E-state index is -0.189. The Morgan fingerprint density at radius 1 is 0.818 bits per heavy atom. The number of aryl methyl sites for hydroxylation is 1. The average molecular weight is 435 g/mol. The molecule has 3 N–H and O–H groups in total. The first-order valence-corrected chi connectivity index (χ1v) is 10.5. The number of nitrogens with zero attached hydrogens (tertiary/aromatic N) is 2. The third kappa shape index (κ3) is 4.24. The first-order valence-electron chi connectivity index (χ1n) is 10.5. The molecule has 0 spiro atoms. The summed E-state index contributed by atoms with van der Waals surface area (Å²) < 4.78 is 1.77. The molecule has 0 atom stereocenters. The summed E-state index contributed by atoms with van der Waals surface area (Å²) >= 11 is 0. The van der Waals surface area contributed by atoms with E-state index in [2.05, 4.69) is 20.6 Å². The molecule has 0 aliphatic rings. The van der Waals surface area contributed by atoms with Crippen molar-refractivity contribution < 1.29 is 9.59 Å². The number of aromatic amines is 1. The molecule has 2 amide bonds. The second kappa shape index (κ2) is 8.47. The maximum absolute atomic E-state index is 12.6. The summed E-state index contributed by atoms with van der Waals surface area (Å²) in [5.41, 5.74) is 4.96. The smallest absolute Gasteiger partial charge is 0.272 e. The van der Waals surface area contributed by atoms with Gasteiger partial charge in [0.1, 0.15) is 11.5 Å². The van der Waals surface area contributed by atoms with E-state index < -0.39 is 0 Å². The van der Waals surface area contributed by atoms with Crippen molar-refractivity contribution in [3.05, 3.63) is 102 Å². The van der Waals surface area contributed by atoms with Crippen LogP contribution in [0.25, 0.3) is 22.4 Å². The van der Waals surface area contributed by atoms with Crippen molar-refractivity contribution in [1.82, 2.24) is 14.5 Å². The van der Waals surface area contributed by atoms with E-state index in [1.54, 1.807) is 22.8 Å². The summed E-state index contributed by atoms with van der Waals surface area (Å²) in [5.74, 6) is 0.331. The number of nitrogens with one attached hydrogen (secondary N) is 3. The molecule has 0 aliphatic carbocycles. The number of carbonyl (C=O) groups is 2. The van der Waals surface area contributed by atoms with Gasteiger partial charge in [-0.25, -0.2) is 4.98 Å². The molecule has 162 valence electrons. The van der Waals surface area contributed by atoms with Crippen LogP contribution in [0.2, 0.25) is 0 Å². The van der Waals surface area contributed by atoms with E-state index >= 15 is 0 Å². The minimum Gasteiger partial charge on any atom is -0.347 e. The van der Waals surface area contributed by atoms with Crippen LogP contribution >= 0.6 is 0 Å². The zero-order valence-electron chi connectivity index (χ0n) is 17.9. The zero-order chi connectivity index (χ0) is 22.8. The molecule has 5 rings (SSSR count). The van der Waals surface area contributed by atoms with Gasteiger partial charge in [-0.2, -0.15) is 0 Å². The Kier molecular flexibility index (Phi) is 5.20. The molecule has 7 heteroatoms. The van der Waals surface area contributed by atoms with Crippen molar-refractivity contribution in [2.45, 2.75) is 0 Å². The van der Waals surface area contributed by atoms with E-state index in [9.17, 15) is 9.59 Å². The Morgan fingerprint density at radius 2 is 1.55 bits per heavy atom. The van der Waals surface area contributed by atoms with Crippen LogP contribution in [0.3, 0.4) is 0 Å². The number of aromatic nitrogens is 3. The van der Waals surface area contributed by atoms with Gasteiger partial charge in [0.2, 0.25) is 0 Å². The summed E-state index contributed by atoms with van der Waals surface area (Å²) in [6.07, 6.45) is 1.83. The van der Waals surface area contributed by atoms with E-state index in [1.165, 1.54) is 0 Å². The van der Waals surface area contributed by atoms with Crippen molar-refractivity contribution in [3.8, 4) is 11.4 Å². The zero-order valence-corrected chi connectivity index (χ0v) is 17.9. The quantitative estimate of drug-likeness (QED) is 0.360. The lowest BCUT2D eigenvalue weighted by Crippen LogP contribution is -2.15. The van der Waals surface area contributed by atoms with E-state index in [4.69, 9.17) is 0 Å². The molecule has 0 unspecified atom stereocenters. The lowest BCUT2D eigenvalue weighted by Gasteiger charge is -2.06. The molecule has 5 aromatic rings. The standard InChI is InChI=1S/C26H21N5O2/c1-31-15-5-8-23(31)26(33)28-20-12-9-17(10-13-20)24-29-21-14-11-18(16-22(21)30-24)25(32)27-19-6-3-2-4-7-19/h2-16H,1H3,(H,27,32)(H,28,33)(H,29,30). The minimum absolute atomic E-state index is 0.166. The number of benzene rings is 3. The number of fused-ring (bicyclic) bond motifs is 1. The van der Waals surface area contributed by atoms with Crippen molar-refractivity contribution >= 4 is 34.2 Å². The van der Waals surface area contributed by atoms with E-state index in [0.29, 0.717) is 28.3 Å². The first kappa shape index (κ1) is 20.3. The second-order valence-corrected chi connectivity index (χ2v) is 7.67. The number of anilines is 2. The molecule has 2 heterocycles. The molecular formula is C26H21N5O2. The fraction of sp³-hybridized carbons (Fsp3) is 0.0385. The number of hydrogen-bond donors (Lipinski definition) is 3. The Morgan fingerprint density at radius 3 is 2.27 bits per heavy atom. The van der Waals surface area contributed by atoms with Gasteiger partial charge in [0.25, 0.3) is 11.8 Å². The molecule has 7 nitrogen and oxygen atoms in total. The van der Waals surface area contributed by atoms with Gasteiger partial charge >= 0.3 is 0 Å². The topological polar surface area (TPSA) is 91.8 Å². The lowest BCUT2D eigenvalue weighted by molar-refractivity contribution is 0.101. The largest absolute Gasteiger partial charge is 0.347 e.